The molecule has 0 fully saturated rings. The molecule has 0 spiro atoms. The molecule has 0 radical (unpaired) electrons. The zero-order valence-corrected chi connectivity index (χ0v) is 17.5. The highest BCUT2D eigenvalue weighted by Crippen LogP contribution is 2.15. The van der Waals surface area contributed by atoms with Crippen molar-refractivity contribution in [1.82, 2.24) is 5.32 Å². The van der Waals surface area contributed by atoms with Crippen molar-refractivity contribution >= 4 is 34.8 Å². The molecule has 30 heavy (non-hydrogen) atoms. The third-order valence-corrected chi connectivity index (χ3v) is 5.23. The molecule has 0 aliphatic carbocycles. The van der Waals surface area contributed by atoms with Crippen LogP contribution >= 0.6 is 11.3 Å². The van der Waals surface area contributed by atoms with Gasteiger partial charge in [0.1, 0.15) is 0 Å². The Labute approximate surface area is 178 Å². The van der Waals surface area contributed by atoms with Gasteiger partial charge in [0.15, 0.2) is 6.10 Å². The van der Waals surface area contributed by atoms with Crippen molar-refractivity contribution in [3.63, 3.8) is 0 Å². The highest BCUT2D eigenvalue weighted by atomic mass is 32.1. The van der Waals surface area contributed by atoms with Crippen LogP contribution in [0.1, 0.15) is 38.1 Å². The van der Waals surface area contributed by atoms with Crippen LogP contribution in [0.15, 0.2) is 66.0 Å². The summed E-state index contributed by atoms with van der Waals surface area (Å²) in [4.78, 5) is 37.2. The molecule has 2 amide bonds. The molecule has 1 heterocycles. The number of hydrogen-bond acceptors (Lipinski definition) is 5. The molecule has 6 nitrogen and oxygen atoms in total. The summed E-state index contributed by atoms with van der Waals surface area (Å²) in [5, 5.41) is 7.34. The minimum absolute atomic E-state index is 0.209. The largest absolute Gasteiger partial charge is 0.449 e. The van der Waals surface area contributed by atoms with Crippen molar-refractivity contribution in [3.8, 4) is 0 Å². The van der Waals surface area contributed by atoms with Gasteiger partial charge in [0.2, 0.25) is 0 Å². The fourth-order valence-corrected chi connectivity index (χ4v) is 3.23. The van der Waals surface area contributed by atoms with E-state index in [1.807, 2.05) is 36.6 Å². The molecule has 3 rings (SSSR count). The summed E-state index contributed by atoms with van der Waals surface area (Å²) in [6, 6.07) is 17.7. The maximum Gasteiger partial charge on any atom is 0.338 e. The number of aryl methyl sites for hydroxylation is 1. The van der Waals surface area contributed by atoms with E-state index in [0.29, 0.717) is 22.7 Å². The highest BCUT2D eigenvalue weighted by molar-refractivity contribution is 7.12. The Kier molecular flexibility index (Phi) is 6.98. The van der Waals surface area contributed by atoms with Gasteiger partial charge in [-0.2, -0.15) is 0 Å². The summed E-state index contributed by atoms with van der Waals surface area (Å²) in [7, 11) is 0. The highest BCUT2D eigenvalue weighted by Gasteiger charge is 2.19. The normalized spacial score (nSPS) is 11.4. The van der Waals surface area contributed by atoms with E-state index in [-0.39, 0.29) is 11.8 Å². The van der Waals surface area contributed by atoms with Gasteiger partial charge in [-0.15, -0.1) is 11.3 Å². The van der Waals surface area contributed by atoms with E-state index in [4.69, 9.17) is 4.74 Å². The quantitative estimate of drug-likeness (QED) is 0.560. The van der Waals surface area contributed by atoms with Gasteiger partial charge in [-0.3, -0.25) is 9.59 Å². The molecule has 7 heteroatoms. The van der Waals surface area contributed by atoms with Crippen molar-refractivity contribution in [2.45, 2.75) is 26.5 Å². The molecule has 1 atom stereocenters. The fourth-order valence-electron chi connectivity index (χ4n) is 2.61. The number of hydrogen-bond donors (Lipinski definition) is 2. The molecular weight excluding hydrogens is 400 g/mol. The molecule has 3 aromatic rings. The van der Waals surface area contributed by atoms with E-state index in [9.17, 15) is 14.4 Å². The number of rotatable bonds is 7. The van der Waals surface area contributed by atoms with E-state index in [0.717, 1.165) is 11.1 Å². The zero-order chi connectivity index (χ0) is 21.5. The van der Waals surface area contributed by atoms with E-state index < -0.39 is 12.1 Å². The van der Waals surface area contributed by atoms with Crippen molar-refractivity contribution in [2.75, 3.05) is 5.32 Å². The first-order chi connectivity index (χ1) is 14.4. The number of carbonyl (C=O) groups is 3. The van der Waals surface area contributed by atoms with Gasteiger partial charge in [0.25, 0.3) is 11.8 Å². The second-order valence-corrected chi connectivity index (χ2v) is 7.71. The van der Waals surface area contributed by atoms with E-state index >= 15 is 0 Å². The summed E-state index contributed by atoms with van der Waals surface area (Å²) in [5.41, 5.74) is 2.97. The smallest absolute Gasteiger partial charge is 0.338 e. The molecule has 154 valence electrons. The number of ether oxygens (including phenoxy) is 1. The molecule has 0 aliphatic rings. The fraction of sp³-hybridized carbons (Fsp3) is 0.174. The van der Waals surface area contributed by atoms with Gasteiger partial charge in [0, 0.05) is 12.2 Å². The predicted molar refractivity (Wildman–Crippen MR) is 117 cm³/mol. The zero-order valence-electron chi connectivity index (χ0n) is 16.7. The lowest BCUT2D eigenvalue weighted by Gasteiger charge is -2.14. The maximum atomic E-state index is 12.3. The Morgan fingerprint density at radius 3 is 2.33 bits per heavy atom. The van der Waals surface area contributed by atoms with E-state index in [1.165, 1.54) is 18.3 Å². The van der Waals surface area contributed by atoms with Crippen LogP contribution in [-0.4, -0.2) is 23.9 Å². The van der Waals surface area contributed by atoms with Crippen LogP contribution < -0.4 is 10.6 Å². The molecule has 0 aliphatic heterocycles. The Morgan fingerprint density at radius 2 is 1.70 bits per heavy atom. The molecule has 1 aromatic heterocycles. The number of carbonyl (C=O) groups excluding carboxylic acids is 3. The van der Waals surface area contributed by atoms with Crippen molar-refractivity contribution in [3.05, 3.63) is 87.6 Å². The Balaban J connectivity index is 1.50. The molecule has 2 aromatic carbocycles. The van der Waals surface area contributed by atoms with Crippen LogP contribution in [0.5, 0.6) is 0 Å². The summed E-state index contributed by atoms with van der Waals surface area (Å²) in [6.07, 6.45) is -0.929. The van der Waals surface area contributed by atoms with E-state index in [2.05, 4.69) is 10.6 Å². The summed E-state index contributed by atoms with van der Waals surface area (Å²) in [6.45, 7) is 3.88. The first-order valence-corrected chi connectivity index (χ1v) is 10.3. The van der Waals surface area contributed by atoms with Crippen molar-refractivity contribution in [1.29, 1.82) is 0 Å². The van der Waals surface area contributed by atoms with Crippen molar-refractivity contribution < 1.29 is 19.1 Å². The van der Waals surface area contributed by atoms with Crippen LogP contribution in [0, 0.1) is 6.92 Å². The molecule has 1 unspecified atom stereocenters. The van der Waals surface area contributed by atoms with Gasteiger partial charge < -0.3 is 15.4 Å². The van der Waals surface area contributed by atoms with Gasteiger partial charge in [-0.05, 0) is 55.1 Å². The van der Waals surface area contributed by atoms with Crippen LogP contribution in [0.25, 0.3) is 0 Å². The average molecular weight is 423 g/mol. The monoisotopic (exact) mass is 422 g/mol. The third kappa shape index (κ3) is 5.78. The number of nitrogens with one attached hydrogen (secondary N) is 2. The van der Waals surface area contributed by atoms with Gasteiger partial charge in [0.05, 0.1) is 10.4 Å². The second kappa shape index (κ2) is 9.84. The summed E-state index contributed by atoms with van der Waals surface area (Å²) in [5.74, 6) is -1.19. The number of esters is 1. The Hall–Kier alpha value is -3.45. The first kappa shape index (κ1) is 21.3. The lowest BCUT2D eigenvalue weighted by atomic mass is 10.1. The van der Waals surface area contributed by atoms with Crippen LogP contribution in [-0.2, 0) is 16.1 Å². The molecule has 0 saturated carbocycles. The first-order valence-electron chi connectivity index (χ1n) is 9.41. The Morgan fingerprint density at radius 1 is 1.00 bits per heavy atom. The lowest BCUT2D eigenvalue weighted by molar-refractivity contribution is -0.129. The Bertz CT molecular complexity index is 1010. The van der Waals surface area contributed by atoms with E-state index in [1.54, 1.807) is 36.4 Å². The van der Waals surface area contributed by atoms with Gasteiger partial charge >= 0.3 is 5.97 Å². The number of anilines is 1. The second-order valence-electron chi connectivity index (χ2n) is 6.76. The lowest BCUT2D eigenvalue weighted by Crippen LogP contribution is -2.35. The standard InChI is InChI=1S/C23H22N2O4S/c1-15-5-7-17(8-6-15)14-24-21(26)16(2)29-23(28)18-9-11-19(12-10-18)25-22(27)20-4-3-13-30-20/h3-13,16H,14H2,1-2H3,(H,24,26)(H,25,27). The maximum absolute atomic E-state index is 12.3. The molecule has 0 saturated heterocycles. The molecule has 2 N–H and O–H groups in total. The number of benzene rings is 2. The molecular formula is C23H22N2O4S. The van der Waals surface area contributed by atoms with Gasteiger partial charge in [-0.1, -0.05) is 35.9 Å². The van der Waals surface area contributed by atoms with Crippen molar-refractivity contribution in [2.24, 2.45) is 0 Å². The SMILES string of the molecule is Cc1ccc(CNC(=O)C(C)OC(=O)c2ccc(NC(=O)c3cccs3)cc2)cc1. The third-order valence-electron chi connectivity index (χ3n) is 4.36. The number of amides is 2. The van der Waals surface area contributed by atoms with Gasteiger partial charge in [-0.25, -0.2) is 4.79 Å². The average Bonchev–Trinajstić information content (AvgIpc) is 3.28. The van der Waals surface area contributed by atoms with Crippen LogP contribution in [0.2, 0.25) is 0 Å². The minimum Gasteiger partial charge on any atom is -0.449 e. The molecule has 0 bridgehead atoms. The summed E-state index contributed by atoms with van der Waals surface area (Å²) < 4.78 is 5.25. The topological polar surface area (TPSA) is 84.5 Å². The summed E-state index contributed by atoms with van der Waals surface area (Å²) >= 11 is 1.35. The predicted octanol–water partition coefficient (Wildman–Crippen LogP) is 4.17. The van der Waals surface area contributed by atoms with Crippen LogP contribution in [0.3, 0.4) is 0 Å². The minimum atomic E-state index is -0.929. The van der Waals surface area contributed by atoms with Crippen LogP contribution in [0.4, 0.5) is 5.69 Å². The number of thiophene rings is 1.